The van der Waals surface area contributed by atoms with Gasteiger partial charge in [0.1, 0.15) is 0 Å². The van der Waals surface area contributed by atoms with Crippen molar-refractivity contribution in [1.82, 2.24) is 0 Å². The Bertz CT molecular complexity index is 855. The number of carbonyl (C=O) groups is 2. The molecule has 96 valence electrons. The normalized spacial score (nSPS) is 19.1. The van der Waals surface area contributed by atoms with Crippen LogP contribution in [0.1, 0.15) is 15.9 Å². The molecule has 2 heterocycles. The topological polar surface area (TPSA) is 58.2 Å². The minimum absolute atomic E-state index is 0.123. The Morgan fingerprint density at radius 1 is 0.857 bits per heavy atom. The molecule has 4 nitrogen and oxygen atoms in total. The first-order valence-corrected chi connectivity index (χ1v) is 7.72. The minimum atomic E-state index is -0.221. The Balaban J connectivity index is 1.94. The van der Waals surface area contributed by atoms with Crippen LogP contribution in [0.25, 0.3) is 5.57 Å². The number of fused-ring (bicyclic) bond motifs is 2. The van der Waals surface area contributed by atoms with Gasteiger partial charge in [-0.05, 0) is 0 Å². The molecule has 2 N–H and O–H groups in total. The second-order valence-electron chi connectivity index (χ2n) is 5.25. The number of allylic oxidation sites excluding steroid dienone is 1. The van der Waals surface area contributed by atoms with Crippen LogP contribution >= 0.6 is 0 Å². The first-order valence-electron chi connectivity index (χ1n) is 6.72. The van der Waals surface area contributed by atoms with Gasteiger partial charge in [0.05, 0.1) is 0 Å². The summed E-state index contributed by atoms with van der Waals surface area (Å²) in [6.45, 7) is 0. The van der Waals surface area contributed by atoms with Crippen LogP contribution in [0, 0.1) is 0 Å². The van der Waals surface area contributed by atoms with E-state index < -0.39 is 0 Å². The molecular weight excluding hydrogens is 275 g/mol. The summed E-state index contributed by atoms with van der Waals surface area (Å²) in [5.74, 6) is -0.344. The zero-order chi connectivity index (χ0) is 14.6. The van der Waals surface area contributed by atoms with Crippen molar-refractivity contribution in [3.63, 3.8) is 0 Å². The van der Waals surface area contributed by atoms with Crippen LogP contribution in [0.5, 0.6) is 0 Å². The van der Waals surface area contributed by atoms with Gasteiger partial charge in [0, 0.05) is 0 Å². The number of rotatable bonds is 0. The van der Waals surface area contributed by atoms with Gasteiger partial charge in [0.15, 0.2) is 0 Å². The quantitative estimate of drug-likeness (QED) is 0.568. The second kappa shape index (κ2) is 4.56. The summed E-state index contributed by atoms with van der Waals surface area (Å²) < 4.78 is 1.19. The van der Waals surface area contributed by atoms with E-state index in [0.717, 1.165) is 44.9 Å². The molecule has 0 spiro atoms. The fraction of sp³-hybridized carbons (Fsp3) is 0. The van der Waals surface area contributed by atoms with Crippen LogP contribution in [0.3, 0.4) is 0 Å². The Hall–Kier alpha value is -1.88. The van der Waals surface area contributed by atoms with Crippen LogP contribution in [-0.2, 0) is 4.79 Å². The van der Waals surface area contributed by atoms with Gasteiger partial charge in [-0.25, -0.2) is 0 Å². The molecule has 0 saturated carbocycles. The number of para-hydroxylation sites is 1. The van der Waals surface area contributed by atoms with Gasteiger partial charge >= 0.3 is 139 Å². The zero-order valence-corrected chi connectivity index (χ0v) is 13.4. The third-order valence-electron chi connectivity index (χ3n) is 3.83. The molecule has 5 heteroatoms. The van der Waals surface area contributed by atoms with Crippen LogP contribution in [0.2, 0.25) is 0 Å². The first kappa shape index (κ1) is 12.8. The van der Waals surface area contributed by atoms with Gasteiger partial charge in [-0.2, -0.15) is 0 Å². The summed E-state index contributed by atoms with van der Waals surface area (Å²) in [5.41, 5.74) is 3.78. The molecule has 0 saturated heterocycles. The van der Waals surface area contributed by atoms with Crippen LogP contribution in [0.4, 0.5) is 11.4 Å². The molecule has 0 radical (unpaired) electrons. The summed E-state index contributed by atoms with van der Waals surface area (Å²) in [6.07, 6.45) is 0. The number of benzene rings is 2. The summed E-state index contributed by atoms with van der Waals surface area (Å²) >= 11 is 0.899. The molecule has 2 aromatic carbocycles. The summed E-state index contributed by atoms with van der Waals surface area (Å²) in [4.78, 5) is 24.8. The maximum absolute atomic E-state index is 12.5. The maximum atomic E-state index is 12.5. The van der Waals surface area contributed by atoms with Crippen molar-refractivity contribution < 1.29 is 9.59 Å². The van der Waals surface area contributed by atoms with Crippen molar-refractivity contribution in [2.45, 2.75) is 0 Å². The van der Waals surface area contributed by atoms with E-state index in [1.165, 1.54) is 2.81 Å². The fourth-order valence-electron chi connectivity index (χ4n) is 2.82. The van der Waals surface area contributed by atoms with Gasteiger partial charge in [0.25, 0.3) is 0 Å². The molecule has 2 aliphatic heterocycles. The number of amides is 1. The number of ketones is 1. The van der Waals surface area contributed by atoms with Gasteiger partial charge in [-0.15, -0.1) is 0 Å². The predicted molar refractivity (Wildman–Crippen MR) is 81.8 cm³/mol. The average molecular weight is 284 g/mol. The van der Waals surface area contributed by atoms with Crippen LogP contribution in [-0.4, -0.2) is 39.6 Å². The van der Waals surface area contributed by atoms with Crippen molar-refractivity contribution >= 4 is 59.4 Å². The van der Waals surface area contributed by atoms with Crippen molar-refractivity contribution in [2.24, 2.45) is 0 Å². The Kier molecular flexibility index (Phi) is 2.79. The fourth-order valence-corrected chi connectivity index (χ4v) is 3.28. The van der Waals surface area contributed by atoms with Gasteiger partial charge in [-0.3, -0.25) is 0 Å². The van der Waals surface area contributed by atoms with Gasteiger partial charge in [-0.1, -0.05) is 0 Å². The molecule has 0 atom stereocenters. The van der Waals surface area contributed by atoms with Gasteiger partial charge < -0.3 is 0 Å². The van der Waals surface area contributed by atoms with Crippen LogP contribution < -0.4 is 13.4 Å². The average Bonchev–Trinajstić information content (AvgIpc) is 2.96. The van der Waals surface area contributed by atoms with Crippen molar-refractivity contribution in [2.75, 3.05) is 10.6 Å². The molecule has 0 bridgehead atoms. The number of hydrogen-bond acceptors (Lipinski definition) is 3. The summed E-state index contributed by atoms with van der Waals surface area (Å²) in [5, 5.41) is 5.92. The number of nitrogens with one attached hydrogen (secondary N) is 2. The van der Waals surface area contributed by atoms with E-state index in [-0.39, 0.29) is 11.7 Å². The zero-order valence-electron chi connectivity index (χ0n) is 11.4. The monoisotopic (exact) mass is 284 g/mol. The van der Waals surface area contributed by atoms with E-state index in [4.69, 9.17) is 0 Å². The second-order valence-corrected chi connectivity index (χ2v) is 6.41. The molecule has 2 aromatic rings. The standard InChI is InChI=1S/C16H9N2O2.Na/c19-15-10-6-2-4-8-12(10)17-14(15)13-9-5-1-3-7-11(9)18-16(13)20;/h2-8,17H,(H,18,20);. The number of anilines is 2. The SMILES string of the molecule is O=C1Nc2cc[c]([Na])cc2C1=C1Nc2ccccc2C1=O. The molecule has 0 aromatic heterocycles. The first-order chi connectivity index (χ1) is 10.1. The van der Waals surface area contributed by atoms with Crippen LogP contribution in [0.15, 0.2) is 48.2 Å². The molecule has 1 amide bonds. The van der Waals surface area contributed by atoms with Crippen molar-refractivity contribution in [1.29, 1.82) is 0 Å². The summed E-state index contributed by atoms with van der Waals surface area (Å²) in [6, 6.07) is 13.2. The Morgan fingerprint density at radius 3 is 2.43 bits per heavy atom. The van der Waals surface area contributed by atoms with E-state index in [1.807, 2.05) is 36.4 Å². The van der Waals surface area contributed by atoms with E-state index in [9.17, 15) is 9.59 Å². The molecule has 4 rings (SSSR count). The third kappa shape index (κ3) is 1.87. The number of hydrogen-bond donors (Lipinski definition) is 2. The molecule has 0 aliphatic carbocycles. The van der Waals surface area contributed by atoms with E-state index >= 15 is 0 Å². The Morgan fingerprint density at radius 2 is 1.62 bits per heavy atom. The predicted octanol–water partition coefficient (Wildman–Crippen LogP) is 1.45. The molecule has 0 unspecified atom stereocenters. The molecule has 2 aliphatic rings. The molecular formula is C16H9N2NaO2. The Labute approximate surface area is 138 Å². The van der Waals surface area contributed by atoms with E-state index in [2.05, 4.69) is 10.6 Å². The summed E-state index contributed by atoms with van der Waals surface area (Å²) in [7, 11) is 0. The van der Waals surface area contributed by atoms with Crippen molar-refractivity contribution in [3.8, 4) is 0 Å². The number of Topliss-reactive ketones (excluding diaryl/α,β-unsaturated/α-hetero) is 1. The van der Waals surface area contributed by atoms with E-state index in [0.29, 0.717) is 16.8 Å². The van der Waals surface area contributed by atoms with Gasteiger partial charge in [0.2, 0.25) is 0 Å². The molecule has 0 fully saturated rings. The van der Waals surface area contributed by atoms with E-state index in [1.54, 1.807) is 6.07 Å². The van der Waals surface area contributed by atoms with Crippen molar-refractivity contribution in [3.05, 3.63) is 59.3 Å². The number of carbonyl (C=O) groups excluding carboxylic acids is 2. The molecule has 21 heavy (non-hydrogen) atoms. The third-order valence-corrected chi connectivity index (χ3v) is 4.45.